The third-order valence-electron chi connectivity index (χ3n) is 12.6. The van der Waals surface area contributed by atoms with Crippen LogP contribution in [0.15, 0.2) is 47.8 Å². The molecule has 50 heavy (non-hydrogen) atoms. The summed E-state index contributed by atoms with van der Waals surface area (Å²) >= 11 is 0. The van der Waals surface area contributed by atoms with Crippen molar-refractivity contribution in [3.8, 4) is 0 Å². The van der Waals surface area contributed by atoms with Gasteiger partial charge in [-0.2, -0.15) is 0 Å². The zero-order valence-electron chi connectivity index (χ0n) is 31.7. The normalized spacial score (nSPS) is 24.9. The molecule has 6 aliphatic rings. The fourth-order valence-corrected chi connectivity index (χ4v) is 10.7. The van der Waals surface area contributed by atoms with Gasteiger partial charge in [0, 0.05) is 36.3 Å². The Morgan fingerprint density at radius 3 is 1.32 bits per heavy atom. The van der Waals surface area contributed by atoms with E-state index in [4.69, 9.17) is 0 Å². The average molecular weight is 679 g/mol. The minimum absolute atomic E-state index is 0.115. The number of amides is 4. The summed E-state index contributed by atoms with van der Waals surface area (Å²) in [6.45, 7) is 24.4. The van der Waals surface area contributed by atoms with E-state index in [0.29, 0.717) is 24.9 Å². The summed E-state index contributed by atoms with van der Waals surface area (Å²) in [6, 6.07) is 9.46. The molecule has 6 heterocycles. The highest BCUT2D eigenvalue weighted by Crippen LogP contribution is 2.48. The molecule has 0 saturated carbocycles. The molecule has 6 aliphatic heterocycles. The smallest absolute Gasteiger partial charge is 0.317 e. The molecule has 2 aromatic carbocycles. The number of nitrogens with zero attached hydrogens (tertiary/aromatic N) is 4. The Morgan fingerprint density at radius 2 is 0.980 bits per heavy atom. The molecule has 4 fully saturated rings. The first kappa shape index (κ1) is 34.8. The Balaban J connectivity index is 0.000000157. The molecule has 0 bridgehead atoms. The highest BCUT2D eigenvalue weighted by molar-refractivity contribution is 5.84. The SMILES string of the molecule is CCN1C(=O)N2Cc3cc(C)cc(C)c3C(C)C=C2C12CCNCC2.CCN1C(=O)N2Cc3cc(C)cc(C)c3[C@@H](C)C=C2C12CCNCC2. The Morgan fingerprint density at radius 1 is 0.620 bits per heavy atom. The fourth-order valence-electron chi connectivity index (χ4n) is 10.7. The predicted molar refractivity (Wildman–Crippen MR) is 201 cm³/mol. The Labute approximate surface area is 299 Å². The fraction of sp³-hybridized carbons (Fsp3) is 0.571. The van der Waals surface area contributed by atoms with Gasteiger partial charge in [0.2, 0.25) is 0 Å². The molecule has 8 nitrogen and oxygen atoms in total. The van der Waals surface area contributed by atoms with Gasteiger partial charge in [0.05, 0.1) is 24.2 Å². The zero-order valence-corrected chi connectivity index (χ0v) is 31.7. The molecule has 0 aromatic heterocycles. The van der Waals surface area contributed by atoms with E-state index >= 15 is 0 Å². The number of hydrogen-bond donors (Lipinski definition) is 2. The number of fused-ring (bicyclic) bond motifs is 6. The van der Waals surface area contributed by atoms with Crippen molar-refractivity contribution in [2.45, 2.75) is 117 Å². The van der Waals surface area contributed by atoms with Crippen molar-refractivity contribution in [3.05, 3.63) is 92.3 Å². The summed E-state index contributed by atoms with van der Waals surface area (Å²) in [6.07, 6.45) is 8.80. The Bertz CT molecular complexity index is 1620. The minimum atomic E-state index is -0.115. The van der Waals surface area contributed by atoms with Gasteiger partial charge in [0.15, 0.2) is 0 Å². The van der Waals surface area contributed by atoms with Crippen LogP contribution in [0.2, 0.25) is 0 Å². The average Bonchev–Trinajstić information content (AvgIpc) is 3.23. The van der Waals surface area contributed by atoms with E-state index < -0.39 is 0 Å². The van der Waals surface area contributed by atoms with Crippen LogP contribution in [-0.2, 0) is 13.1 Å². The van der Waals surface area contributed by atoms with E-state index in [1.54, 1.807) is 0 Å². The van der Waals surface area contributed by atoms with Crippen molar-refractivity contribution in [2.24, 2.45) is 0 Å². The van der Waals surface area contributed by atoms with Gasteiger partial charge in [-0.3, -0.25) is 9.80 Å². The van der Waals surface area contributed by atoms with E-state index in [0.717, 1.165) is 65.0 Å². The first-order valence-electron chi connectivity index (χ1n) is 19.2. The van der Waals surface area contributed by atoms with Gasteiger partial charge in [-0.05, 0) is 127 Å². The quantitative estimate of drug-likeness (QED) is 0.348. The highest BCUT2D eigenvalue weighted by atomic mass is 16.2. The number of urea groups is 2. The number of piperidine rings is 2. The molecule has 4 amide bonds. The number of carbonyl (C=O) groups excluding carboxylic acids is 2. The molecule has 8 rings (SSSR count). The predicted octanol–water partition coefficient (Wildman–Crippen LogP) is 7.37. The number of rotatable bonds is 2. The summed E-state index contributed by atoms with van der Waals surface area (Å²) < 4.78 is 0. The van der Waals surface area contributed by atoms with E-state index in [1.165, 1.54) is 55.9 Å². The molecular weight excluding hydrogens is 621 g/mol. The van der Waals surface area contributed by atoms with Gasteiger partial charge < -0.3 is 20.4 Å². The molecule has 2 N–H and O–H groups in total. The first-order chi connectivity index (χ1) is 24.0. The third-order valence-corrected chi connectivity index (χ3v) is 12.6. The second kappa shape index (κ2) is 13.2. The van der Waals surface area contributed by atoms with Gasteiger partial charge >= 0.3 is 12.1 Å². The molecule has 2 spiro atoms. The molecule has 0 radical (unpaired) electrons. The monoisotopic (exact) mass is 678 g/mol. The lowest BCUT2D eigenvalue weighted by atomic mass is 9.82. The molecule has 268 valence electrons. The number of hydrogen-bond acceptors (Lipinski definition) is 4. The van der Waals surface area contributed by atoms with E-state index in [1.807, 2.05) is 0 Å². The molecule has 2 aromatic rings. The minimum Gasteiger partial charge on any atom is -0.317 e. The standard InChI is InChI=1S/2C21H29N3O/c2*1-5-24-20(25)23-13-17-11-14(2)10-15(3)19(17)16(4)12-18(23)21(24)6-8-22-9-7-21/h2*10-12,16,22H,5-9,13H2,1-4H3/t16-;/m0./s1. The lowest BCUT2D eigenvalue weighted by molar-refractivity contribution is 0.140. The van der Waals surface area contributed by atoms with Crippen molar-refractivity contribution < 1.29 is 9.59 Å². The van der Waals surface area contributed by atoms with E-state index in [9.17, 15) is 9.59 Å². The molecule has 1 unspecified atom stereocenters. The number of likely N-dealkylation sites (N-methyl/N-ethyl adjacent to an activating group) is 2. The van der Waals surface area contributed by atoms with Crippen LogP contribution in [0.25, 0.3) is 0 Å². The van der Waals surface area contributed by atoms with E-state index in [-0.39, 0.29) is 23.1 Å². The maximum absolute atomic E-state index is 13.3. The second-order valence-corrected chi connectivity index (χ2v) is 15.8. The summed E-state index contributed by atoms with van der Waals surface area (Å²) in [5.41, 5.74) is 13.0. The zero-order chi connectivity index (χ0) is 35.5. The maximum atomic E-state index is 13.3. The van der Waals surface area contributed by atoms with Crippen LogP contribution in [0.3, 0.4) is 0 Å². The number of nitrogens with one attached hydrogen (secondary N) is 2. The second-order valence-electron chi connectivity index (χ2n) is 15.8. The number of aryl methyl sites for hydroxylation is 4. The molecule has 4 saturated heterocycles. The summed E-state index contributed by atoms with van der Waals surface area (Å²) in [5.74, 6) is 0.680. The van der Waals surface area contributed by atoms with Crippen molar-refractivity contribution in [1.82, 2.24) is 30.2 Å². The lowest BCUT2D eigenvalue weighted by Gasteiger charge is -2.41. The van der Waals surface area contributed by atoms with Crippen molar-refractivity contribution in [2.75, 3.05) is 39.3 Å². The third kappa shape index (κ3) is 5.40. The number of allylic oxidation sites excluding steroid dienone is 2. The van der Waals surface area contributed by atoms with Crippen molar-refractivity contribution in [1.29, 1.82) is 0 Å². The van der Waals surface area contributed by atoms with Gasteiger partial charge in [0.1, 0.15) is 0 Å². The maximum Gasteiger partial charge on any atom is 0.325 e. The summed E-state index contributed by atoms with van der Waals surface area (Å²) in [4.78, 5) is 34.9. The number of carbonyl (C=O) groups is 2. The van der Waals surface area contributed by atoms with Crippen LogP contribution in [0.1, 0.15) is 110 Å². The van der Waals surface area contributed by atoms with Crippen LogP contribution in [0.4, 0.5) is 9.59 Å². The summed E-state index contributed by atoms with van der Waals surface area (Å²) in [7, 11) is 0. The van der Waals surface area contributed by atoms with Crippen molar-refractivity contribution in [3.63, 3.8) is 0 Å². The largest absolute Gasteiger partial charge is 0.325 e. The molecular formula is C42H58N6O2. The van der Waals surface area contributed by atoms with Gasteiger partial charge in [0.25, 0.3) is 0 Å². The van der Waals surface area contributed by atoms with Crippen LogP contribution in [0.5, 0.6) is 0 Å². The van der Waals surface area contributed by atoms with Crippen LogP contribution in [-0.4, -0.2) is 82.0 Å². The Hall–Kier alpha value is -3.62. The molecule has 0 aliphatic carbocycles. The van der Waals surface area contributed by atoms with E-state index in [2.05, 4.69) is 122 Å². The van der Waals surface area contributed by atoms with Gasteiger partial charge in [-0.1, -0.05) is 61.4 Å². The topological polar surface area (TPSA) is 71.2 Å². The summed E-state index contributed by atoms with van der Waals surface area (Å²) in [5, 5.41) is 6.94. The Kier molecular flexibility index (Phi) is 9.17. The van der Waals surface area contributed by atoms with Gasteiger partial charge in [-0.15, -0.1) is 0 Å². The van der Waals surface area contributed by atoms with Crippen LogP contribution in [0, 0.1) is 27.7 Å². The highest BCUT2D eigenvalue weighted by Gasteiger charge is 2.55. The van der Waals surface area contributed by atoms with Gasteiger partial charge in [-0.25, -0.2) is 9.59 Å². The van der Waals surface area contributed by atoms with Crippen LogP contribution >= 0.6 is 0 Å². The molecule has 2 atom stereocenters. The lowest BCUT2D eigenvalue weighted by Crippen LogP contribution is -2.52. The first-order valence-corrected chi connectivity index (χ1v) is 19.2. The number of benzene rings is 2. The van der Waals surface area contributed by atoms with Crippen LogP contribution < -0.4 is 10.6 Å². The van der Waals surface area contributed by atoms with Crippen molar-refractivity contribution >= 4 is 12.1 Å². The molecule has 8 heteroatoms.